The quantitative estimate of drug-likeness (QED) is 0.400. The molecule has 0 saturated heterocycles. The van der Waals surface area contributed by atoms with Crippen molar-refractivity contribution in [3.8, 4) is 5.75 Å². The zero-order chi connectivity index (χ0) is 24.5. The average Bonchev–Trinajstić information content (AvgIpc) is 3.19. The number of ether oxygens (including phenoxy) is 1. The Bertz CT molecular complexity index is 1390. The van der Waals surface area contributed by atoms with Crippen LogP contribution in [0.15, 0.2) is 76.4 Å². The fourth-order valence-corrected chi connectivity index (χ4v) is 3.44. The Labute approximate surface area is 192 Å². The summed E-state index contributed by atoms with van der Waals surface area (Å²) in [7, 11) is 3.34. The van der Waals surface area contributed by atoms with Crippen molar-refractivity contribution >= 4 is 16.7 Å². The molecule has 0 spiro atoms. The Morgan fingerprint density at radius 1 is 1.03 bits per heavy atom. The van der Waals surface area contributed by atoms with Gasteiger partial charge >= 0.3 is 6.18 Å². The van der Waals surface area contributed by atoms with Crippen LogP contribution < -0.4 is 10.2 Å². The first-order chi connectivity index (χ1) is 16.1. The van der Waals surface area contributed by atoms with Crippen molar-refractivity contribution in [2.24, 2.45) is 0 Å². The molecule has 176 valence electrons. The highest BCUT2D eigenvalue weighted by molar-refractivity contribution is 5.93. The Kier molecular flexibility index (Phi) is 6.19. The molecule has 0 bridgehead atoms. The molecular weight excluding hydrogens is 449 g/mol. The molecule has 4 aromatic rings. The highest BCUT2D eigenvalue weighted by atomic mass is 19.4. The lowest BCUT2D eigenvalue weighted by Gasteiger charge is -2.11. The molecule has 34 heavy (non-hydrogen) atoms. The number of halogens is 3. The highest BCUT2D eigenvalue weighted by Crippen LogP contribution is 2.31. The molecule has 0 aliphatic heterocycles. The van der Waals surface area contributed by atoms with Crippen molar-refractivity contribution in [2.75, 3.05) is 14.1 Å². The summed E-state index contributed by atoms with van der Waals surface area (Å²) in [6.45, 7) is 0.290. The van der Waals surface area contributed by atoms with E-state index in [4.69, 9.17) is 9.15 Å². The van der Waals surface area contributed by atoms with Gasteiger partial charge in [0.25, 0.3) is 5.91 Å². The van der Waals surface area contributed by atoms with E-state index in [1.54, 1.807) is 55.3 Å². The van der Waals surface area contributed by atoms with E-state index in [0.717, 1.165) is 17.7 Å². The van der Waals surface area contributed by atoms with Crippen LogP contribution in [-0.2, 0) is 19.3 Å². The van der Waals surface area contributed by atoms with Gasteiger partial charge in [-0.1, -0.05) is 18.2 Å². The van der Waals surface area contributed by atoms with Crippen molar-refractivity contribution in [2.45, 2.75) is 19.3 Å². The Hall–Kier alpha value is -4.01. The molecule has 0 aliphatic carbocycles. The number of amides is 1. The first kappa shape index (κ1) is 23.2. The molecule has 0 saturated carbocycles. The van der Waals surface area contributed by atoms with E-state index < -0.39 is 11.7 Å². The van der Waals surface area contributed by atoms with Crippen LogP contribution in [-0.4, -0.2) is 29.5 Å². The molecule has 0 N–H and O–H groups in total. The molecule has 1 amide bonds. The number of carbonyl (C=O) groups excluding carboxylic acids is 1. The molecule has 0 radical (unpaired) electrons. The number of aromatic nitrogens is 1. The van der Waals surface area contributed by atoms with Gasteiger partial charge in [-0.15, -0.1) is 0 Å². The second kappa shape index (κ2) is 9.09. The third-order valence-corrected chi connectivity index (χ3v) is 5.22. The van der Waals surface area contributed by atoms with Crippen molar-refractivity contribution < 1.29 is 27.1 Å². The highest BCUT2D eigenvalue weighted by Gasteiger charge is 2.30. The van der Waals surface area contributed by atoms with E-state index in [9.17, 15) is 22.8 Å². The van der Waals surface area contributed by atoms with Crippen molar-refractivity contribution in [3.63, 3.8) is 0 Å². The number of fused-ring (bicyclic) bond motifs is 1. The summed E-state index contributed by atoms with van der Waals surface area (Å²) < 4.78 is 51.5. The summed E-state index contributed by atoms with van der Waals surface area (Å²) in [5.41, 5.74) is 0.224. The van der Waals surface area contributed by atoms with Crippen LogP contribution in [0.3, 0.4) is 0 Å². The second-order valence-electron chi connectivity index (χ2n) is 8.03. The fraction of sp³-hybridized carbons (Fsp3) is 0.200. The van der Waals surface area contributed by atoms with Crippen LogP contribution in [0.1, 0.15) is 27.2 Å². The summed E-state index contributed by atoms with van der Waals surface area (Å²) in [4.78, 5) is 25.9. The molecule has 4 rings (SSSR count). The molecule has 6 nitrogen and oxygen atoms in total. The minimum absolute atomic E-state index is 0.0321. The number of hydrogen-bond donors (Lipinski definition) is 0. The molecule has 2 aromatic carbocycles. The number of nitrogens with zero attached hydrogens (tertiary/aromatic N) is 2. The molecule has 0 fully saturated rings. The van der Waals surface area contributed by atoms with E-state index in [-0.39, 0.29) is 30.2 Å². The molecule has 2 aromatic heterocycles. The van der Waals surface area contributed by atoms with Crippen LogP contribution in [0.25, 0.3) is 10.8 Å². The smallest absolute Gasteiger partial charge is 0.416 e. The monoisotopic (exact) mass is 470 g/mol. The van der Waals surface area contributed by atoms with Gasteiger partial charge in [-0.3, -0.25) is 9.59 Å². The summed E-state index contributed by atoms with van der Waals surface area (Å²) in [5, 5.41) is 1.09. The molecule has 0 aliphatic rings. The van der Waals surface area contributed by atoms with E-state index in [1.807, 2.05) is 0 Å². The Morgan fingerprint density at radius 3 is 2.38 bits per heavy atom. The average molecular weight is 470 g/mol. The predicted molar refractivity (Wildman–Crippen MR) is 120 cm³/mol. The number of hydrogen-bond acceptors (Lipinski definition) is 4. The zero-order valence-electron chi connectivity index (χ0n) is 18.4. The van der Waals surface area contributed by atoms with Gasteiger partial charge in [0.05, 0.1) is 12.1 Å². The normalized spacial score (nSPS) is 11.6. The van der Waals surface area contributed by atoms with Crippen LogP contribution in [0.2, 0.25) is 0 Å². The van der Waals surface area contributed by atoms with Gasteiger partial charge in [0.15, 0.2) is 0 Å². The van der Waals surface area contributed by atoms with E-state index in [1.165, 1.54) is 23.3 Å². The predicted octanol–water partition coefficient (Wildman–Crippen LogP) is 4.94. The topological polar surface area (TPSA) is 64.7 Å². The van der Waals surface area contributed by atoms with Gasteiger partial charge in [0.1, 0.15) is 18.6 Å². The SMILES string of the molecule is CN(C)C(=O)c1ccc(COc2coc(Cn3cc4ccc(C(F)(F)F)cc4c3)cc2=O)cc1. The number of benzene rings is 2. The number of carbonyl (C=O) groups is 1. The minimum Gasteiger partial charge on any atom is -0.482 e. The standard InChI is InChI=1S/C25H21F3N2O4/c1-29(2)24(32)17-5-3-16(4-6-17)14-34-23-15-33-21(10-22(23)31)13-30-11-18-7-8-20(25(26,27)28)9-19(18)12-30/h3-12,15H,13-14H2,1-2H3. The molecule has 9 heteroatoms. The number of alkyl halides is 3. The van der Waals surface area contributed by atoms with E-state index >= 15 is 0 Å². The summed E-state index contributed by atoms with van der Waals surface area (Å²) in [5.74, 6) is 0.255. The van der Waals surface area contributed by atoms with Crippen molar-refractivity contribution in [3.05, 3.63) is 99.9 Å². The van der Waals surface area contributed by atoms with Crippen molar-refractivity contribution in [1.82, 2.24) is 9.47 Å². The molecule has 2 heterocycles. The van der Waals surface area contributed by atoms with E-state index in [0.29, 0.717) is 22.1 Å². The Morgan fingerprint density at radius 2 is 1.74 bits per heavy atom. The molecular formula is C25H21F3N2O4. The molecule has 0 unspecified atom stereocenters. The summed E-state index contributed by atoms with van der Waals surface area (Å²) in [6, 6.07) is 11.7. The lowest BCUT2D eigenvalue weighted by atomic mass is 10.1. The maximum atomic E-state index is 12.9. The Balaban J connectivity index is 1.42. The second-order valence-corrected chi connectivity index (χ2v) is 8.03. The number of rotatable bonds is 6. The van der Waals surface area contributed by atoms with Crippen LogP contribution in [0, 0.1) is 0 Å². The maximum absolute atomic E-state index is 12.9. The maximum Gasteiger partial charge on any atom is 0.416 e. The van der Waals surface area contributed by atoms with Crippen LogP contribution in [0.5, 0.6) is 5.75 Å². The first-order valence-corrected chi connectivity index (χ1v) is 10.3. The molecule has 0 atom stereocenters. The summed E-state index contributed by atoms with van der Waals surface area (Å²) >= 11 is 0. The van der Waals surface area contributed by atoms with Gasteiger partial charge in [-0.2, -0.15) is 13.2 Å². The third-order valence-electron chi connectivity index (χ3n) is 5.22. The van der Waals surface area contributed by atoms with Gasteiger partial charge in [-0.25, -0.2) is 0 Å². The lowest BCUT2D eigenvalue weighted by Crippen LogP contribution is -2.21. The van der Waals surface area contributed by atoms with Gasteiger partial charge in [-0.05, 0) is 40.6 Å². The largest absolute Gasteiger partial charge is 0.482 e. The van der Waals surface area contributed by atoms with Crippen LogP contribution in [0.4, 0.5) is 13.2 Å². The van der Waals surface area contributed by atoms with Crippen LogP contribution >= 0.6 is 0 Å². The zero-order valence-corrected chi connectivity index (χ0v) is 18.4. The van der Waals surface area contributed by atoms with E-state index in [2.05, 4.69) is 0 Å². The minimum atomic E-state index is -4.41. The first-order valence-electron chi connectivity index (χ1n) is 10.3. The van der Waals surface area contributed by atoms with Gasteiger partial charge in [0, 0.05) is 38.1 Å². The van der Waals surface area contributed by atoms with Gasteiger partial charge < -0.3 is 18.6 Å². The van der Waals surface area contributed by atoms with Crippen molar-refractivity contribution in [1.29, 1.82) is 0 Å². The fourth-order valence-electron chi connectivity index (χ4n) is 3.44. The van der Waals surface area contributed by atoms with Gasteiger partial charge in [0.2, 0.25) is 11.2 Å². The third kappa shape index (κ3) is 5.14. The lowest BCUT2D eigenvalue weighted by molar-refractivity contribution is -0.137. The summed E-state index contributed by atoms with van der Waals surface area (Å²) in [6.07, 6.45) is 0.0570.